The van der Waals surface area contributed by atoms with Crippen molar-refractivity contribution in [3.8, 4) is 23.0 Å². The SMILES string of the molecule is C=C(C)C(=O)OCCCOc1ccc(C(=O)Oc2ccc(CCOC=O)cc2)cc1.C=C(C)C(=O)OCCCOc1ccc(C(=O)Oc2ccccc2)cc1. The number of carbonyl (C=O) groups excluding carboxylic acids is 5. The van der Waals surface area contributed by atoms with Gasteiger partial charge in [0.25, 0.3) is 6.47 Å². The first-order valence-corrected chi connectivity index (χ1v) is 17.3. The van der Waals surface area contributed by atoms with Crippen LogP contribution in [0.2, 0.25) is 0 Å². The van der Waals surface area contributed by atoms with E-state index in [1.165, 1.54) is 0 Å². The van der Waals surface area contributed by atoms with Gasteiger partial charge in [-0.1, -0.05) is 43.5 Å². The summed E-state index contributed by atoms with van der Waals surface area (Å²) < 4.78 is 36.3. The zero-order valence-corrected chi connectivity index (χ0v) is 30.9. The van der Waals surface area contributed by atoms with E-state index in [0.717, 1.165) is 5.56 Å². The fourth-order valence-corrected chi connectivity index (χ4v) is 4.22. The normalized spacial score (nSPS) is 10.0. The number of ether oxygens (including phenoxy) is 7. The van der Waals surface area contributed by atoms with Crippen LogP contribution < -0.4 is 18.9 Å². The van der Waals surface area contributed by atoms with Crippen LogP contribution in [-0.4, -0.2) is 63.4 Å². The van der Waals surface area contributed by atoms with Crippen molar-refractivity contribution in [2.45, 2.75) is 33.1 Å². The predicted octanol–water partition coefficient (Wildman–Crippen LogP) is 7.30. The van der Waals surface area contributed by atoms with Crippen molar-refractivity contribution in [3.63, 3.8) is 0 Å². The molecule has 0 aromatic heterocycles. The van der Waals surface area contributed by atoms with Crippen LogP contribution in [0.15, 0.2) is 127 Å². The molecule has 4 rings (SSSR count). The van der Waals surface area contributed by atoms with E-state index < -0.39 is 23.9 Å². The summed E-state index contributed by atoms with van der Waals surface area (Å²) >= 11 is 0. The third kappa shape index (κ3) is 16.7. The fourth-order valence-electron chi connectivity index (χ4n) is 4.22. The maximum absolute atomic E-state index is 12.3. The number of para-hydroxylation sites is 1. The van der Waals surface area contributed by atoms with Gasteiger partial charge < -0.3 is 33.2 Å². The van der Waals surface area contributed by atoms with Gasteiger partial charge in [0.1, 0.15) is 23.0 Å². The summed E-state index contributed by atoms with van der Waals surface area (Å²) in [5, 5.41) is 0. The second-order valence-corrected chi connectivity index (χ2v) is 11.7. The van der Waals surface area contributed by atoms with Crippen molar-refractivity contribution in [1.82, 2.24) is 0 Å². The zero-order valence-electron chi connectivity index (χ0n) is 30.9. The number of hydrogen-bond donors (Lipinski definition) is 0. The van der Waals surface area contributed by atoms with Gasteiger partial charge in [0, 0.05) is 30.4 Å². The second-order valence-electron chi connectivity index (χ2n) is 11.7. The van der Waals surface area contributed by atoms with Gasteiger partial charge in [0.05, 0.1) is 44.2 Å². The van der Waals surface area contributed by atoms with Crippen molar-refractivity contribution in [1.29, 1.82) is 0 Å². The van der Waals surface area contributed by atoms with Crippen LogP contribution in [-0.2, 0) is 35.0 Å². The Morgan fingerprint density at radius 1 is 0.527 bits per heavy atom. The lowest BCUT2D eigenvalue weighted by molar-refractivity contribution is -0.140. The van der Waals surface area contributed by atoms with Gasteiger partial charge in [-0.3, -0.25) is 4.79 Å². The van der Waals surface area contributed by atoms with E-state index in [1.54, 1.807) is 111 Å². The first kappa shape index (κ1) is 42.7. The van der Waals surface area contributed by atoms with Crippen molar-refractivity contribution in [2.75, 3.05) is 33.0 Å². The maximum Gasteiger partial charge on any atom is 0.343 e. The largest absolute Gasteiger partial charge is 0.493 e. The molecule has 0 saturated carbocycles. The van der Waals surface area contributed by atoms with Crippen molar-refractivity contribution >= 4 is 30.3 Å². The molecule has 0 aliphatic carbocycles. The molecule has 0 radical (unpaired) electrons. The van der Waals surface area contributed by atoms with Crippen molar-refractivity contribution in [2.24, 2.45) is 0 Å². The van der Waals surface area contributed by atoms with Crippen LogP contribution in [0.4, 0.5) is 0 Å². The maximum atomic E-state index is 12.3. The molecule has 55 heavy (non-hydrogen) atoms. The average Bonchev–Trinajstić information content (AvgIpc) is 3.19. The number of carbonyl (C=O) groups is 5. The smallest absolute Gasteiger partial charge is 0.343 e. The highest BCUT2D eigenvalue weighted by Crippen LogP contribution is 2.18. The molecule has 4 aromatic rings. The van der Waals surface area contributed by atoms with Crippen molar-refractivity contribution in [3.05, 3.63) is 144 Å². The van der Waals surface area contributed by atoms with Gasteiger partial charge >= 0.3 is 23.9 Å². The molecule has 0 N–H and O–H groups in total. The fraction of sp³-hybridized carbons (Fsp3) is 0.233. The summed E-state index contributed by atoms with van der Waals surface area (Å²) in [6.07, 6.45) is 1.70. The Balaban J connectivity index is 0.000000300. The zero-order chi connectivity index (χ0) is 39.8. The van der Waals surface area contributed by atoms with Crippen LogP contribution in [0.3, 0.4) is 0 Å². The molecular formula is C43H44O12. The Hall–Kier alpha value is -6.69. The van der Waals surface area contributed by atoms with E-state index >= 15 is 0 Å². The molecular weight excluding hydrogens is 708 g/mol. The lowest BCUT2D eigenvalue weighted by atomic mass is 10.1. The van der Waals surface area contributed by atoms with E-state index in [9.17, 15) is 24.0 Å². The van der Waals surface area contributed by atoms with Gasteiger partial charge in [-0.25, -0.2) is 19.2 Å². The number of esters is 4. The first-order valence-electron chi connectivity index (χ1n) is 17.3. The Kier molecular flexibility index (Phi) is 18.5. The van der Waals surface area contributed by atoms with E-state index in [0.29, 0.717) is 90.8 Å². The van der Waals surface area contributed by atoms with Crippen LogP contribution in [0.5, 0.6) is 23.0 Å². The van der Waals surface area contributed by atoms with Gasteiger partial charge in [-0.2, -0.15) is 0 Å². The van der Waals surface area contributed by atoms with Gasteiger partial charge in [0.15, 0.2) is 0 Å². The number of rotatable bonds is 20. The summed E-state index contributed by atoms with van der Waals surface area (Å²) in [5.41, 5.74) is 2.53. The molecule has 4 aromatic carbocycles. The molecule has 0 bridgehead atoms. The van der Waals surface area contributed by atoms with Gasteiger partial charge in [0.2, 0.25) is 0 Å². The highest BCUT2D eigenvalue weighted by molar-refractivity contribution is 5.92. The van der Waals surface area contributed by atoms with E-state index in [4.69, 9.17) is 28.4 Å². The molecule has 0 unspecified atom stereocenters. The molecule has 0 fully saturated rings. The second kappa shape index (κ2) is 23.8. The van der Waals surface area contributed by atoms with Crippen LogP contribution in [0.1, 0.15) is 53.0 Å². The molecule has 12 heteroatoms. The molecule has 0 saturated heterocycles. The summed E-state index contributed by atoms with van der Waals surface area (Å²) in [7, 11) is 0. The average molecular weight is 753 g/mol. The third-order valence-corrected chi connectivity index (χ3v) is 7.12. The highest BCUT2D eigenvalue weighted by atomic mass is 16.5. The predicted molar refractivity (Wildman–Crippen MR) is 203 cm³/mol. The Morgan fingerprint density at radius 3 is 1.36 bits per heavy atom. The Labute approximate surface area is 320 Å². The minimum atomic E-state index is -0.481. The lowest BCUT2D eigenvalue weighted by Crippen LogP contribution is -2.10. The minimum absolute atomic E-state index is 0.249. The molecule has 0 aliphatic heterocycles. The molecule has 0 atom stereocenters. The van der Waals surface area contributed by atoms with E-state index in [1.807, 2.05) is 6.07 Å². The molecule has 0 spiro atoms. The summed E-state index contributed by atoms with van der Waals surface area (Å²) in [4.78, 5) is 56.9. The monoisotopic (exact) mass is 752 g/mol. The summed E-state index contributed by atoms with van der Waals surface area (Å²) in [6.45, 7) is 12.2. The number of hydrogen-bond acceptors (Lipinski definition) is 12. The highest BCUT2D eigenvalue weighted by Gasteiger charge is 2.11. The van der Waals surface area contributed by atoms with E-state index in [2.05, 4.69) is 17.9 Å². The van der Waals surface area contributed by atoms with Crippen LogP contribution in [0.25, 0.3) is 0 Å². The Bertz CT molecular complexity index is 1850. The van der Waals surface area contributed by atoms with Crippen molar-refractivity contribution < 1.29 is 57.1 Å². The summed E-state index contributed by atoms with van der Waals surface area (Å²) in [5.74, 6) is 0.416. The molecule has 0 amide bonds. The van der Waals surface area contributed by atoms with Gasteiger partial charge in [-0.15, -0.1) is 0 Å². The Morgan fingerprint density at radius 2 is 0.945 bits per heavy atom. The van der Waals surface area contributed by atoms with Crippen LogP contribution >= 0.6 is 0 Å². The van der Waals surface area contributed by atoms with Crippen LogP contribution in [0, 0.1) is 0 Å². The molecule has 12 nitrogen and oxygen atoms in total. The van der Waals surface area contributed by atoms with Gasteiger partial charge in [-0.05, 0) is 92.2 Å². The molecule has 0 heterocycles. The first-order chi connectivity index (χ1) is 26.5. The standard InChI is InChI=1S/C23H24O7.C20H20O5/c1-17(2)22(25)29-14-3-13-28-20-10-6-19(7-11-20)23(26)30-21-8-4-18(5-9-21)12-15-27-16-24;1-15(2)19(21)24-14-6-13-23-17-11-9-16(10-12-17)20(22)25-18-7-4-3-5-8-18/h4-11,16H,1,3,12-15H2,2H3;3-5,7-12H,1,6,13-14H2,2H3. The lowest BCUT2D eigenvalue weighted by Gasteiger charge is -2.08. The molecule has 0 aliphatic rings. The van der Waals surface area contributed by atoms with E-state index in [-0.39, 0.29) is 13.2 Å². The quantitative estimate of drug-likeness (QED) is 0.0223. The third-order valence-electron chi connectivity index (χ3n) is 7.12. The summed E-state index contributed by atoms with van der Waals surface area (Å²) in [6, 6.07) is 29.1. The molecule has 288 valence electrons. The number of benzene rings is 4. The topological polar surface area (TPSA) is 150 Å². The minimum Gasteiger partial charge on any atom is -0.493 e.